The molecule has 2 N–H and O–H groups in total. The molecule has 0 spiro atoms. The highest BCUT2D eigenvalue weighted by atomic mass is 16.5. The number of hydrogen-bond donors (Lipinski definition) is 2. The van der Waals surface area contributed by atoms with Gasteiger partial charge in [0.05, 0.1) is 7.11 Å². The van der Waals surface area contributed by atoms with Crippen molar-refractivity contribution in [2.24, 2.45) is 0 Å². The van der Waals surface area contributed by atoms with Crippen LogP contribution >= 0.6 is 0 Å². The third-order valence-corrected chi connectivity index (χ3v) is 2.20. The van der Waals surface area contributed by atoms with Gasteiger partial charge >= 0.3 is 12.2 Å². The third-order valence-electron chi connectivity index (χ3n) is 2.20. The number of rotatable bonds is 1. The molecule has 1 aliphatic rings. The van der Waals surface area contributed by atoms with Gasteiger partial charge in [-0.15, -0.1) is 0 Å². The van der Waals surface area contributed by atoms with E-state index < -0.39 is 12.2 Å². The standard InChI is InChI=1S/C8H14N2O4/c1-14-7(11)9-6-3-2-4-10(5-6)8(12)13/h6H,2-5H2,1H3,(H,9,11)(H,12,13). The fourth-order valence-electron chi connectivity index (χ4n) is 1.49. The molecule has 0 bridgehead atoms. The highest BCUT2D eigenvalue weighted by molar-refractivity contribution is 5.68. The number of likely N-dealkylation sites (tertiary alicyclic amines) is 1. The Morgan fingerprint density at radius 2 is 2.29 bits per heavy atom. The highest BCUT2D eigenvalue weighted by Gasteiger charge is 2.24. The minimum absolute atomic E-state index is 0.132. The smallest absolute Gasteiger partial charge is 0.407 e. The predicted molar refractivity (Wildman–Crippen MR) is 48.2 cm³/mol. The van der Waals surface area contributed by atoms with Gasteiger partial charge in [-0.05, 0) is 12.8 Å². The van der Waals surface area contributed by atoms with E-state index in [1.54, 1.807) is 0 Å². The predicted octanol–water partition coefficient (Wildman–Crippen LogP) is 0.485. The zero-order valence-electron chi connectivity index (χ0n) is 8.02. The average Bonchev–Trinajstić information content (AvgIpc) is 2.18. The van der Waals surface area contributed by atoms with Crippen LogP contribution in [-0.2, 0) is 4.74 Å². The number of carbonyl (C=O) groups excluding carboxylic acids is 1. The fraction of sp³-hybridized carbons (Fsp3) is 0.750. The maximum absolute atomic E-state index is 10.9. The molecule has 2 amide bonds. The third kappa shape index (κ3) is 2.79. The first-order valence-corrected chi connectivity index (χ1v) is 4.46. The van der Waals surface area contributed by atoms with Gasteiger partial charge in [0.1, 0.15) is 0 Å². The second kappa shape index (κ2) is 4.69. The summed E-state index contributed by atoms with van der Waals surface area (Å²) in [5, 5.41) is 11.3. The topological polar surface area (TPSA) is 78.9 Å². The minimum Gasteiger partial charge on any atom is -0.465 e. The number of nitrogens with one attached hydrogen (secondary N) is 1. The van der Waals surface area contributed by atoms with Crippen LogP contribution in [0, 0.1) is 0 Å². The van der Waals surface area contributed by atoms with Crippen molar-refractivity contribution in [3.05, 3.63) is 0 Å². The molecule has 0 aromatic carbocycles. The number of carbonyl (C=O) groups is 2. The molecule has 14 heavy (non-hydrogen) atoms. The summed E-state index contributed by atoms with van der Waals surface area (Å²) in [6, 6.07) is -0.132. The Bertz CT molecular complexity index is 231. The van der Waals surface area contributed by atoms with Crippen molar-refractivity contribution >= 4 is 12.2 Å². The quantitative estimate of drug-likeness (QED) is 0.648. The Labute approximate surface area is 81.8 Å². The molecular weight excluding hydrogens is 188 g/mol. The number of ether oxygens (including phenoxy) is 1. The van der Waals surface area contributed by atoms with Crippen molar-refractivity contribution in [1.82, 2.24) is 10.2 Å². The maximum atomic E-state index is 10.9. The minimum atomic E-state index is -0.943. The van der Waals surface area contributed by atoms with Crippen molar-refractivity contribution in [3.63, 3.8) is 0 Å². The van der Waals surface area contributed by atoms with E-state index in [1.807, 2.05) is 0 Å². The summed E-state index contributed by atoms with van der Waals surface area (Å²) in [6.07, 6.45) is 0.100. The molecule has 0 radical (unpaired) electrons. The Hall–Kier alpha value is -1.46. The van der Waals surface area contributed by atoms with E-state index in [0.717, 1.165) is 12.8 Å². The normalized spacial score (nSPS) is 21.5. The first-order valence-electron chi connectivity index (χ1n) is 4.46. The van der Waals surface area contributed by atoms with Crippen molar-refractivity contribution in [3.8, 4) is 0 Å². The van der Waals surface area contributed by atoms with Gasteiger partial charge in [0.25, 0.3) is 0 Å². The zero-order chi connectivity index (χ0) is 10.6. The lowest BCUT2D eigenvalue weighted by Gasteiger charge is -2.30. The molecule has 0 aromatic rings. The van der Waals surface area contributed by atoms with Gasteiger partial charge in [-0.2, -0.15) is 0 Å². The van der Waals surface area contributed by atoms with Crippen LogP contribution < -0.4 is 5.32 Å². The van der Waals surface area contributed by atoms with Gasteiger partial charge in [0, 0.05) is 19.1 Å². The summed E-state index contributed by atoms with van der Waals surface area (Å²) in [5.74, 6) is 0. The molecule has 6 nitrogen and oxygen atoms in total. The fourth-order valence-corrected chi connectivity index (χ4v) is 1.49. The summed E-state index contributed by atoms with van der Waals surface area (Å²) in [6.45, 7) is 0.874. The lowest BCUT2D eigenvalue weighted by molar-refractivity contribution is 0.120. The van der Waals surface area contributed by atoms with Crippen LogP contribution in [0.2, 0.25) is 0 Å². The molecule has 80 valence electrons. The van der Waals surface area contributed by atoms with Crippen molar-refractivity contribution < 1.29 is 19.4 Å². The van der Waals surface area contributed by atoms with Gasteiger partial charge in [-0.3, -0.25) is 0 Å². The monoisotopic (exact) mass is 202 g/mol. The van der Waals surface area contributed by atoms with Crippen molar-refractivity contribution in [2.45, 2.75) is 18.9 Å². The zero-order valence-corrected chi connectivity index (χ0v) is 8.02. The van der Waals surface area contributed by atoms with Crippen molar-refractivity contribution in [1.29, 1.82) is 0 Å². The first kappa shape index (κ1) is 10.6. The number of nitrogens with zero attached hydrogens (tertiary/aromatic N) is 1. The molecule has 0 saturated carbocycles. The van der Waals surface area contributed by atoms with E-state index in [1.165, 1.54) is 12.0 Å². The first-order chi connectivity index (χ1) is 6.63. The van der Waals surface area contributed by atoms with E-state index >= 15 is 0 Å². The molecule has 1 atom stereocenters. The number of methoxy groups -OCH3 is 1. The Morgan fingerprint density at radius 3 is 2.86 bits per heavy atom. The molecule has 1 heterocycles. The number of hydrogen-bond acceptors (Lipinski definition) is 3. The SMILES string of the molecule is COC(=O)NC1CCCN(C(=O)O)C1. The summed E-state index contributed by atoms with van der Waals surface area (Å²) < 4.78 is 4.43. The molecule has 1 aliphatic heterocycles. The molecule has 1 fully saturated rings. The van der Waals surface area contributed by atoms with E-state index in [-0.39, 0.29) is 6.04 Å². The summed E-state index contributed by atoms with van der Waals surface area (Å²) >= 11 is 0. The Balaban J connectivity index is 2.40. The second-order valence-corrected chi connectivity index (χ2v) is 3.20. The summed E-state index contributed by atoms with van der Waals surface area (Å²) in [4.78, 5) is 22.8. The molecule has 1 saturated heterocycles. The van der Waals surface area contributed by atoms with Crippen molar-refractivity contribution in [2.75, 3.05) is 20.2 Å². The number of amides is 2. The van der Waals surface area contributed by atoms with Gasteiger partial charge in [0.15, 0.2) is 0 Å². The van der Waals surface area contributed by atoms with E-state index in [2.05, 4.69) is 10.1 Å². The summed E-state index contributed by atoms with van der Waals surface area (Å²) in [5.41, 5.74) is 0. The van der Waals surface area contributed by atoms with Gasteiger partial charge < -0.3 is 20.1 Å². The van der Waals surface area contributed by atoms with E-state index in [9.17, 15) is 9.59 Å². The molecular formula is C8H14N2O4. The van der Waals surface area contributed by atoms with Crippen LogP contribution in [-0.4, -0.2) is 48.4 Å². The summed E-state index contributed by atoms with van der Waals surface area (Å²) in [7, 11) is 1.28. The van der Waals surface area contributed by atoms with Crippen LogP contribution in [0.15, 0.2) is 0 Å². The van der Waals surface area contributed by atoms with Crippen LogP contribution in [0.5, 0.6) is 0 Å². The average molecular weight is 202 g/mol. The Morgan fingerprint density at radius 1 is 1.57 bits per heavy atom. The highest BCUT2D eigenvalue weighted by Crippen LogP contribution is 2.09. The van der Waals surface area contributed by atoms with Crippen LogP contribution in [0.1, 0.15) is 12.8 Å². The van der Waals surface area contributed by atoms with Gasteiger partial charge in [0.2, 0.25) is 0 Å². The number of carboxylic acid groups (broad SMARTS) is 1. The molecule has 0 aliphatic carbocycles. The van der Waals surface area contributed by atoms with Gasteiger partial charge in [-0.1, -0.05) is 0 Å². The van der Waals surface area contributed by atoms with Crippen LogP contribution in [0.25, 0.3) is 0 Å². The second-order valence-electron chi connectivity index (χ2n) is 3.20. The molecule has 1 rings (SSSR count). The number of alkyl carbamates (subject to hydrolysis) is 1. The Kier molecular flexibility index (Phi) is 3.55. The van der Waals surface area contributed by atoms with Crippen LogP contribution in [0.4, 0.5) is 9.59 Å². The largest absolute Gasteiger partial charge is 0.465 e. The molecule has 1 unspecified atom stereocenters. The lowest BCUT2D eigenvalue weighted by atomic mass is 10.1. The molecule has 0 aromatic heterocycles. The molecule has 6 heteroatoms. The van der Waals surface area contributed by atoms with Gasteiger partial charge in [-0.25, -0.2) is 9.59 Å². The van der Waals surface area contributed by atoms with Crippen LogP contribution in [0.3, 0.4) is 0 Å². The number of piperidine rings is 1. The van der Waals surface area contributed by atoms with E-state index in [4.69, 9.17) is 5.11 Å². The maximum Gasteiger partial charge on any atom is 0.407 e. The van der Waals surface area contributed by atoms with E-state index in [0.29, 0.717) is 13.1 Å². The lowest BCUT2D eigenvalue weighted by Crippen LogP contribution is -2.49.